The number of rotatable bonds is 19. The zero-order valence-corrected chi connectivity index (χ0v) is 27.6. The highest BCUT2D eigenvalue weighted by Gasteiger charge is 2.34. The number of ether oxygens (including phenoxy) is 4. The molecule has 0 radical (unpaired) electrons. The fraction of sp³-hybridized carbons (Fsp3) is 1.00. The molecule has 0 aromatic heterocycles. The molecule has 0 atom stereocenters. The highest BCUT2D eigenvalue weighted by molar-refractivity contribution is 6.90. The Balaban J connectivity index is 3.68. The van der Waals surface area contributed by atoms with Gasteiger partial charge in [0.15, 0.2) is 0 Å². The zero-order valence-electron chi connectivity index (χ0n) is 23.6. The average molecular weight is 525 g/mol. The van der Waals surface area contributed by atoms with E-state index in [9.17, 15) is 0 Å². The van der Waals surface area contributed by atoms with Gasteiger partial charge in [-0.25, -0.2) is 0 Å². The molecule has 0 bridgehead atoms. The molecule has 0 spiro atoms. The van der Waals surface area contributed by atoms with Gasteiger partial charge in [-0.1, -0.05) is 78.6 Å². The first-order valence-corrected chi connectivity index (χ1v) is 26.1. The lowest BCUT2D eigenvalue weighted by Crippen LogP contribution is -2.60. The lowest BCUT2D eigenvalue weighted by Gasteiger charge is -2.43. The van der Waals surface area contributed by atoms with Crippen LogP contribution in [0, 0.1) is 0 Å². The van der Waals surface area contributed by atoms with Gasteiger partial charge >= 0.3 is 0 Å². The van der Waals surface area contributed by atoms with Crippen LogP contribution in [0.3, 0.4) is 0 Å². The normalized spacial score (nSPS) is 14.1. The maximum atomic E-state index is 5.81. The Bertz CT molecular complexity index is 414. The van der Waals surface area contributed by atoms with Gasteiger partial charge in [-0.15, -0.1) is 0 Å². The van der Waals surface area contributed by atoms with Crippen LogP contribution in [0.15, 0.2) is 0 Å². The van der Waals surface area contributed by atoms with Crippen molar-refractivity contribution in [3.63, 3.8) is 0 Å². The van der Waals surface area contributed by atoms with Crippen LogP contribution in [0.25, 0.3) is 0 Å². The third kappa shape index (κ3) is 15.5. The van der Waals surface area contributed by atoms with E-state index in [0.29, 0.717) is 39.6 Å². The number of nitrogens with zero attached hydrogens (tertiary/aromatic N) is 2. The number of hydrogen-bond acceptors (Lipinski definition) is 6. The zero-order chi connectivity index (χ0) is 25.1. The highest BCUT2D eigenvalue weighted by atomic mass is 28.4. The quantitative estimate of drug-likeness (QED) is 0.175. The molecule has 0 aromatic carbocycles. The molecule has 0 saturated carbocycles. The smallest absolute Gasteiger partial charge is 0.112 e. The summed E-state index contributed by atoms with van der Waals surface area (Å²) in [4.78, 5) is 0. The van der Waals surface area contributed by atoms with Crippen LogP contribution < -0.4 is 0 Å². The van der Waals surface area contributed by atoms with E-state index in [1.54, 1.807) is 0 Å². The molecule has 0 rings (SSSR count). The minimum atomic E-state index is -1.29. The molecule has 6 nitrogen and oxygen atoms in total. The van der Waals surface area contributed by atoms with Crippen molar-refractivity contribution < 1.29 is 18.9 Å². The van der Waals surface area contributed by atoms with Gasteiger partial charge in [0.1, 0.15) is 32.9 Å². The topological polar surface area (TPSA) is 43.4 Å². The van der Waals surface area contributed by atoms with Crippen LogP contribution in [-0.2, 0) is 18.9 Å². The van der Waals surface area contributed by atoms with E-state index < -0.39 is 32.9 Å². The van der Waals surface area contributed by atoms with Crippen LogP contribution in [-0.4, -0.2) is 107 Å². The third-order valence-corrected chi connectivity index (χ3v) is 20.7. The predicted octanol–water partition coefficient (Wildman–Crippen LogP) is 5.00. The molecule has 0 aliphatic heterocycles. The van der Waals surface area contributed by atoms with Crippen molar-refractivity contribution in [2.75, 3.05) is 65.9 Å². The molecule has 10 heteroatoms. The largest absolute Gasteiger partial charge is 0.378 e. The maximum absolute atomic E-state index is 5.81. The molecular weight excluding hydrogens is 469 g/mol. The second kappa shape index (κ2) is 14.9. The van der Waals surface area contributed by atoms with Gasteiger partial charge in [-0.05, 0) is 0 Å². The molecule has 0 amide bonds. The lowest BCUT2D eigenvalue weighted by molar-refractivity contribution is -0.00213. The summed E-state index contributed by atoms with van der Waals surface area (Å²) < 4.78 is 28.4. The first-order chi connectivity index (χ1) is 14.5. The van der Waals surface area contributed by atoms with E-state index in [1.807, 2.05) is 0 Å². The van der Waals surface area contributed by atoms with E-state index >= 15 is 0 Å². The van der Waals surface area contributed by atoms with Gasteiger partial charge in [0.05, 0.1) is 52.9 Å². The van der Waals surface area contributed by atoms with E-state index in [-0.39, 0.29) is 0 Å². The molecule has 32 heavy (non-hydrogen) atoms. The van der Waals surface area contributed by atoms with Crippen molar-refractivity contribution in [1.29, 1.82) is 0 Å². The van der Waals surface area contributed by atoms with Crippen LogP contribution in [0.4, 0.5) is 0 Å². The van der Waals surface area contributed by atoms with Crippen LogP contribution in [0.5, 0.6) is 0 Å². The minimum Gasteiger partial charge on any atom is -0.378 e. The summed E-state index contributed by atoms with van der Waals surface area (Å²) in [6, 6.07) is 0. The van der Waals surface area contributed by atoms with Gasteiger partial charge in [0.25, 0.3) is 0 Å². The van der Waals surface area contributed by atoms with Crippen LogP contribution in [0.2, 0.25) is 78.6 Å². The first-order valence-electron chi connectivity index (χ1n) is 12.3. The van der Waals surface area contributed by atoms with Gasteiger partial charge < -0.3 is 27.4 Å². The van der Waals surface area contributed by atoms with E-state index in [1.165, 1.54) is 0 Å². The fourth-order valence-corrected chi connectivity index (χ4v) is 23.6. The monoisotopic (exact) mass is 524 g/mol. The highest BCUT2D eigenvalue weighted by Crippen LogP contribution is 2.19. The van der Waals surface area contributed by atoms with Crippen molar-refractivity contribution in [3.8, 4) is 0 Å². The molecule has 0 heterocycles. The summed E-state index contributed by atoms with van der Waals surface area (Å²) in [5.41, 5.74) is 0. The Kier molecular flexibility index (Phi) is 15.2. The Morgan fingerprint density at radius 2 is 0.531 bits per heavy atom. The average Bonchev–Trinajstić information content (AvgIpc) is 2.56. The molecule has 0 unspecified atom stereocenters. The Labute approximate surface area is 204 Å². The van der Waals surface area contributed by atoms with E-state index in [2.05, 4.69) is 87.0 Å². The predicted molar refractivity (Wildman–Crippen MR) is 150 cm³/mol. The SMILES string of the molecule is C[Si](C)(C)N(CCOCCOCCOCCOCCN([Si](C)(C)C)[Si](C)(C)C)[Si](C)(C)C. The standard InChI is InChI=1S/C22H56N2O4Si4/c1-29(2,3)23(30(4,5)6)13-15-25-17-19-27-21-22-28-20-18-26-16-14-24(31(7,8)9)32(10,11)12/h13-22H2,1-12H3. The van der Waals surface area contributed by atoms with Crippen molar-refractivity contribution in [2.45, 2.75) is 78.6 Å². The molecule has 0 aliphatic rings. The molecule has 0 aliphatic carbocycles. The van der Waals surface area contributed by atoms with Gasteiger partial charge in [0, 0.05) is 13.1 Å². The molecular formula is C22H56N2O4Si4. The van der Waals surface area contributed by atoms with Crippen LogP contribution in [0.1, 0.15) is 0 Å². The van der Waals surface area contributed by atoms with Crippen LogP contribution >= 0.6 is 0 Å². The molecule has 0 N–H and O–H groups in total. The second-order valence-electron chi connectivity index (χ2n) is 12.4. The summed E-state index contributed by atoms with van der Waals surface area (Å²) in [7, 11) is -5.16. The lowest BCUT2D eigenvalue weighted by atomic mass is 10.6. The van der Waals surface area contributed by atoms with E-state index in [4.69, 9.17) is 18.9 Å². The number of hydrogen-bond donors (Lipinski definition) is 0. The summed E-state index contributed by atoms with van der Waals surface area (Å²) >= 11 is 0. The third-order valence-electron chi connectivity index (χ3n) is 5.27. The van der Waals surface area contributed by atoms with Gasteiger partial charge in [0.2, 0.25) is 0 Å². The summed E-state index contributed by atoms with van der Waals surface area (Å²) in [5.74, 6) is 0. The molecule has 0 saturated heterocycles. The summed E-state index contributed by atoms with van der Waals surface area (Å²) in [5, 5.41) is 0. The first kappa shape index (κ1) is 32.6. The van der Waals surface area contributed by atoms with Crippen molar-refractivity contribution in [2.24, 2.45) is 0 Å². The van der Waals surface area contributed by atoms with Gasteiger partial charge in [-0.3, -0.25) is 0 Å². The Hall–Kier alpha value is 0.628. The molecule has 0 aromatic rings. The Morgan fingerprint density at radius 3 is 0.719 bits per heavy atom. The Morgan fingerprint density at radius 1 is 0.344 bits per heavy atom. The fourth-order valence-electron chi connectivity index (χ4n) is 4.43. The molecule has 194 valence electrons. The van der Waals surface area contributed by atoms with E-state index in [0.717, 1.165) is 26.3 Å². The summed E-state index contributed by atoms with van der Waals surface area (Å²) in [6.45, 7) is 36.6. The van der Waals surface area contributed by atoms with Crippen molar-refractivity contribution >= 4 is 32.9 Å². The second-order valence-corrected chi connectivity index (χ2v) is 32.9. The van der Waals surface area contributed by atoms with Crippen molar-refractivity contribution in [1.82, 2.24) is 8.46 Å². The summed E-state index contributed by atoms with van der Waals surface area (Å²) in [6.07, 6.45) is 0. The molecule has 0 fully saturated rings. The maximum Gasteiger partial charge on any atom is 0.112 e. The van der Waals surface area contributed by atoms with Gasteiger partial charge in [-0.2, -0.15) is 0 Å². The van der Waals surface area contributed by atoms with Crippen molar-refractivity contribution in [3.05, 3.63) is 0 Å². The minimum absolute atomic E-state index is 0.609.